The number of benzene rings is 2. The van der Waals surface area contributed by atoms with Crippen molar-refractivity contribution in [3.63, 3.8) is 0 Å². The zero-order chi connectivity index (χ0) is 25.4. The van der Waals surface area contributed by atoms with E-state index in [2.05, 4.69) is 48.7 Å². The Balaban J connectivity index is 1.27. The highest BCUT2D eigenvalue weighted by Gasteiger charge is 2.44. The molecular weight excluding hydrogens is 448 g/mol. The normalized spacial score (nSPS) is 28.2. The fourth-order valence-electron chi connectivity index (χ4n) is 6.45. The Bertz CT molecular complexity index is 1280. The first-order valence-electron chi connectivity index (χ1n) is 13.3. The van der Waals surface area contributed by atoms with Crippen molar-refractivity contribution in [2.75, 3.05) is 0 Å². The SMILES string of the molecule is Cc1cccc(C2(N)C[C@@H](NC(=O)[C@@H]3CCCC[C@@H]3NC(=O)c3cc4ccccc4n3C)CC2C)c1. The van der Waals surface area contributed by atoms with E-state index in [1.54, 1.807) is 0 Å². The molecule has 5 atom stereocenters. The minimum absolute atomic E-state index is 0.0365. The highest BCUT2D eigenvalue weighted by molar-refractivity contribution is 5.99. The Morgan fingerprint density at radius 2 is 1.81 bits per heavy atom. The number of aromatic nitrogens is 1. The summed E-state index contributed by atoms with van der Waals surface area (Å²) >= 11 is 0. The van der Waals surface area contributed by atoms with Gasteiger partial charge in [0.1, 0.15) is 5.69 Å². The van der Waals surface area contributed by atoms with E-state index in [1.165, 1.54) is 5.56 Å². The van der Waals surface area contributed by atoms with Crippen molar-refractivity contribution in [3.8, 4) is 0 Å². The van der Waals surface area contributed by atoms with Crippen LogP contribution in [0.3, 0.4) is 0 Å². The fraction of sp³-hybridized carbons (Fsp3) is 0.467. The summed E-state index contributed by atoms with van der Waals surface area (Å²) in [7, 11) is 1.91. The molecule has 0 aliphatic heterocycles. The van der Waals surface area contributed by atoms with Gasteiger partial charge in [-0.15, -0.1) is 0 Å². The van der Waals surface area contributed by atoms with Crippen LogP contribution in [-0.2, 0) is 17.4 Å². The Hall–Kier alpha value is -3.12. The van der Waals surface area contributed by atoms with E-state index in [9.17, 15) is 9.59 Å². The van der Waals surface area contributed by atoms with Gasteiger partial charge in [-0.25, -0.2) is 0 Å². The Labute approximate surface area is 213 Å². The summed E-state index contributed by atoms with van der Waals surface area (Å²) < 4.78 is 1.93. The first kappa shape index (κ1) is 24.6. The third-order valence-electron chi connectivity index (χ3n) is 8.61. The summed E-state index contributed by atoms with van der Waals surface area (Å²) in [5, 5.41) is 7.56. The molecule has 5 rings (SSSR count). The average molecular weight is 487 g/mol. The average Bonchev–Trinajstić information content (AvgIpc) is 3.35. The Morgan fingerprint density at radius 3 is 2.58 bits per heavy atom. The maximum Gasteiger partial charge on any atom is 0.268 e. The van der Waals surface area contributed by atoms with Crippen LogP contribution in [0.25, 0.3) is 10.9 Å². The highest BCUT2D eigenvalue weighted by Crippen LogP contribution is 2.42. The molecule has 2 unspecified atom stereocenters. The lowest BCUT2D eigenvalue weighted by Gasteiger charge is -2.32. The zero-order valence-corrected chi connectivity index (χ0v) is 21.6. The number of fused-ring (bicyclic) bond motifs is 1. The molecule has 36 heavy (non-hydrogen) atoms. The van der Waals surface area contributed by atoms with E-state index in [4.69, 9.17) is 5.73 Å². The molecule has 0 saturated heterocycles. The molecule has 2 saturated carbocycles. The van der Waals surface area contributed by atoms with Gasteiger partial charge in [0.25, 0.3) is 5.91 Å². The van der Waals surface area contributed by atoms with Gasteiger partial charge in [-0.1, -0.05) is 67.8 Å². The predicted octanol–water partition coefficient (Wildman–Crippen LogP) is 4.54. The lowest BCUT2D eigenvalue weighted by atomic mass is 9.82. The van der Waals surface area contributed by atoms with Gasteiger partial charge in [0, 0.05) is 35.6 Å². The number of nitrogens with two attached hydrogens (primary N) is 1. The van der Waals surface area contributed by atoms with Crippen molar-refractivity contribution >= 4 is 22.7 Å². The molecule has 2 fully saturated rings. The number of aryl methyl sites for hydroxylation is 2. The maximum absolute atomic E-state index is 13.5. The van der Waals surface area contributed by atoms with Crippen LogP contribution in [-0.4, -0.2) is 28.5 Å². The summed E-state index contributed by atoms with van der Waals surface area (Å²) in [4.78, 5) is 26.7. The number of para-hydroxylation sites is 1. The number of amides is 2. The summed E-state index contributed by atoms with van der Waals surface area (Å²) in [6.07, 6.45) is 5.21. The minimum Gasteiger partial charge on any atom is -0.353 e. The largest absolute Gasteiger partial charge is 0.353 e. The second-order valence-electron chi connectivity index (χ2n) is 11.1. The number of hydrogen-bond donors (Lipinski definition) is 3. The van der Waals surface area contributed by atoms with E-state index in [0.29, 0.717) is 5.69 Å². The topological polar surface area (TPSA) is 89.2 Å². The van der Waals surface area contributed by atoms with E-state index in [1.807, 2.05) is 41.9 Å². The first-order valence-corrected chi connectivity index (χ1v) is 13.3. The second kappa shape index (κ2) is 9.74. The van der Waals surface area contributed by atoms with Gasteiger partial charge in [0.15, 0.2) is 0 Å². The summed E-state index contributed by atoms with van der Waals surface area (Å²) in [5.74, 6) is -0.0339. The summed E-state index contributed by atoms with van der Waals surface area (Å²) in [5.41, 5.74) is 10.5. The van der Waals surface area contributed by atoms with E-state index in [-0.39, 0.29) is 35.7 Å². The lowest BCUT2D eigenvalue weighted by molar-refractivity contribution is -0.127. The highest BCUT2D eigenvalue weighted by atomic mass is 16.2. The molecule has 1 aromatic heterocycles. The van der Waals surface area contributed by atoms with Gasteiger partial charge < -0.3 is 20.9 Å². The number of nitrogens with zero attached hydrogens (tertiary/aromatic N) is 1. The van der Waals surface area contributed by atoms with Gasteiger partial charge in [-0.05, 0) is 56.2 Å². The van der Waals surface area contributed by atoms with Crippen molar-refractivity contribution in [1.82, 2.24) is 15.2 Å². The molecule has 2 amide bonds. The van der Waals surface area contributed by atoms with E-state index >= 15 is 0 Å². The van der Waals surface area contributed by atoms with Crippen LogP contribution in [0.1, 0.15) is 67.1 Å². The van der Waals surface area contributed by atoms with Crippen LogP contribution in [0.5, 0.6) is 0 Å². The predicted molar refractivity (Wildman–Crippen MR) is 144 cm³/mol. The molecule has 0 radical (unpaired) electrons. The molecule has 2 aliphatic carbocycles. The molecule has 3 aromatic rings. The second-order valence-corrected chi connectivity index (χ2v) is 11.1. The van der Waals surface area contributed by atoms with Crippen LogP contribution >= 0.6 is 0 Å². The van der Waals surface area contributed by atoms with Gasteiger partial charge in [-0.2, -0.15) is 0 Å². The van der Waals surface area contributed by atoms with Crippen LogP contribution in [0.15, 0.2) is 54.6 Å². The Kier molecular flexibility index (Phi) is 6.64. The molecule has 0 bridgehead atoms. The van der Waals surface area contributed by atoms with Crippen molar-refractivity contribution in [2.45, 2.75) is 70.0 Å². The van der Waals surface area contributed by atoms with Gasteiger partial charge >= 0.3 is 0 Å². The summed E-state index contributed by atoms with van der Waals surface area (Å²) in [6.45, 7) is 4.27. The molecule has 190 valence electrons. The molecule has 2 aliphatic rings. The van der Waals surface area contributed by atoms with Crippen LogP contribution in [0.2, 0.25) is 0 Å². The monoisotopic (exact) mass is 486 g/mol. The molecule has 4 N–H and O–H groups in total. The number of hydrogen-bond acceptors (Lipinski definition) is 3. The van der Waals surface area contributed by atoms with Crippen LogP contribution in [0.4, 0.5) is 0 Å². The third-order valence-corrected chi connectivity index (χ3v) is 8.61. The van der Waals surface area contributed by atoms with Crippen molar-refractivity contribution in [2.24, 2.45) is 24.6 Å². The maximum atomic E-state index is 13.5. The van der Waals surface area contributed by atoms with Gasteiger partial charge in [0.2, 0.25) is 5.91 Å². The molecule has 6 heteroatoms. The number of carbonyl (C=O) groups excluding carboxylic acids is 2. The molecule has 6 nitrogen and oxygen atoms in total. The molecule has 1 heterocycles. The third kappa shape index (κ3) is 4.55. The molecular formula is C30H38N4O2. The Morgan fingerprint density at radius 1 is 1.03 bits per heavy atom. The zero-order valence-electron chi connectivity index (χ0n) is 21.6. The van der Waals surface area contributed by atoms with Crippen molar-refractivity contribution < 1.29 is 9.59 Å². The van der Waals surface area contributed by atoms with Crippen LogP contribution < -0.4 is 16.4 Å². The quantitative estimate of drug-likeness (QED) is 0.495. The van der Waals surface area contributed by atoms with Crippen molar-refractivity contribution in [1.29, 1.82) is 0 Å². The van der Waals surface area contributed by atoms with Gasteiger partial charge in [0.05, 0.1) is 5.92 Å². The fourth-order valence-corrected chi connectivity index (χ4v) is 6.45. The van der Waals surface area contributed by atoms with Crippen molar-refractivity contribution in [3.05, 3.63) is 71.4 Å². The first-order chi connectivity index (χ1) is 17.3. The smallest absolute Gasteiger partial charge is 0.268 e. The number of carbonyl (C=O) groups is 2. The van der Waals surface area contributed by atoms with Gasteiger partial charge in [-0.3, -0.25) is 9.59 Å². The molecule has 0 spiro atoms. The van der Waals surface area contributed by atoms with E-state index < -0.39 is 5.54 Å². The molecule has 2 aromatic carbocycles. The summed E-state index contributed by atoms with van der Waals surface area (Å²) in [6, 6.07) is 18.2. The number of rotatable bonds is 5. The lowest BCUT2D eigenvalue weighted by Crippen LogP contribution is -2.50. The minimum atomic E-state index is -0.446. The standard InChI is InChI=1S/C30H38N4O2/c1-19-9-8-11-22(15-19)30(31)18-23(16-20(30)2)32-28(35)24-12-5-6-13-25(24)33-29(36)27-17-21-10-4-7-14-26(21)34(27)3/h4,7-11,14-15,17,20,23-25H,5-6,12-13,16,18,31H2,1-3H3,(H,32,35)(H,33,36)/t20?,23-,24+,25-,30?/m0/s1. The van der Waals surface area contributed by atoms with E-state index in [0.717, 1.165) is 55.0 Å². The van der Waals surface area contributed by atoms with Crippen LogP contribution in [0, 0.1) is 18.8 Å². The number of nitrogens with one attached hydrogen (secondary N) is 2.